The minimum Gasteiger partial charge on any atom is -0.366 e. The third-order valence-electron chi connectivity index (χ3n) is 7.52. The van der Waals surface area contributed by atoms with E-state index in [2.05, 4.69) is 16.0 Å². The van der Waals surface area contributed by atoms with Crippen molar-refractivity contribution < 1.29 is 9.59 Å². The number of aromatic nitrogens is 1. The maximum absolute atomic E-state index is 13.9. The fourth-order valence-electron chi connectivity index (χ4n) is 5.35. The molecule has 4 rings (SSSR count). The summed E-state index contributed by atoms with van der Waals surface area (Å²) in [5.41, 5.74) is 1.96. The number of nitrogens with zero attached hydrogens (tertiary/aromatic N) is 2. The van der Waals surface area contributed by atoms with Crippen LogP contribution in [0.15, 0.2) is 42.5 Å². The van der Waals surface area contributed by atoms with Gasteiger partial charge < -0.3 is 20.9 Å². The van der Waals surface area contributed by atoms with Crippen molar-refractivity contribution >= 4 is 29.2 Å². The fraction of sp³-hybridized carbons (Fsp3) is 0.536. The van der Waals surface area contributed by atoms with Gasteiger partial charge in [-0.1, -0.05) is 49.1 Å². The molecule has 1 aliphatic heterocycles. The Morgan fingerprint density at radius 2 is 1.86 bits per heavy atom. The van der Waals surface area contributed by atoms with E-state index >= 15 is 0 Å². The highest BCUT2D eigenvalue weighted by Gasteiger charge is 2.39. The molecule has 36 heavy (non-hydrogen) atoms. The van der Waals surface area contributed by atoms with Crippen LogP contribution in [0.2, 0.25) is 5.02 Å². The lowest BCUT2D eigenvalue weighted by Gasteiger charge is -2.35. The summed E-state index contributed by atoms with van der Waals surface area (Å²) in [6, 6.07) is 12.8. The number of likely N-dealkylation sites (tertiary alicyclic amines) is 1. The zero-order chi connectivity index (χ0) is 25.5. The second-order valence-corrected chi connectivity index (χ2v) is 10.5. The van der Waals surface area contributed by atoms with E-state index in [1.807, 2.05) is 54.3 Å². The van der Waals surface area contributed by atoms with Crippen LogP contribution in [0.4, 0.5) is 5.82 Å². The van der Waals surface area contributed by atoms with Crippen LogP contribution in [0.1, 0.15) is 69.2 Å². The normalized spacial score (nSPS) is 20.1. The summed E-state index contributed by atoms with van der Waals surface area (Å²) in [5.74, 6) is 0.855. The molecule has 3 atom stereocenters. The number of pyridine rings is 1. The third kappa shape index (κ3) is 6.56. The first-order valence-electron chi connectivity index (χ1n) is 13.2. The molecular weight excluding hydrogens is 474 g/mol. The van der Waals surface area contributed by atoms with Gasteiger partial charge in [0.15, 0.2) is 0 Å². The van der Waals surface area contributed by atoms with Gasteiger partial charge in [-0.2, -0.15) is 0 Å². The molecule has 2 fully saturated rings. The highest BCUT2D eigenvalue weighted by atomic mass is 35.5. The molecule has 1 aromatic heterocycles. The number of hydrogen-bond acceptors (Lipinski definition) is 5. The lowest BCUT2D eigenvalue weighted by atomic mass is 9.83. The fourth-order valence-corrected chi connectivity index (χ4v) is 5.56. The topological polar surface area (TPSA) is 86.4 Å². The van der Waals surface area contributed by atoms with Gasteiger partial charge in [0.1, 0.15) is 11.9 Å². The van der Waals surface area contributed by atoms with E-state index in [0.29, 0.717) is 18.1 Å². The van der Waals surface area contributed by atoms with Gasteiger partial charge in [0.25, 0.3) is 0 Å². The zero-order valence-corrected chi connectivity index (χ0v) is 22.1. The molecule has 2 aromatic rings. The van der Waals surface area contributed by atoms with Crippen LogP contribution >= 0.6 is 11.6 Å². The largest absolute Gasteiger partial charge is 0.366 e. The number of anilines is 1. The average Bonchev–Trinajstić information content (AvgIpc) is 3.40. The Labute approximate surface area is 219 Å². The molecule has 1 saturated heterocycles. The summed E-state index contributed by atoms with van der Waals surface area (Å²) >= 11 is 6.11. The van der Waals surface area contributed by atoms with Gasteiger partial charge in [-0.3, -0.25) is 9.59 Å². The van der Waals surface area contributed by atoms with Crippen LogP contribution in [-0.4, -0.2) is 47.4 Å². The first-order chi connectivity index (χ1) is 17.5. The maximum atomic E-state index is 13.9. The molecule has 1 saturated carbocycles. The van der Waals surface area contributed by atoms with Gasteiger partial charge in [0, 0.05) is 18.1 Å². The maximum Gasteiger partial charge on any atom is 0.246 e. The SMILES string of the molecule is CN[C@@H](C)C(=O)N[C@H](C(=O)N1CCC[C@H]1c1cccc(NCc2cccc(Cl)c2)n1)C1CCCCC1. The van der Waals surface area contributed by atoms with E-state index in [0.717, 1.165) is 55.6 Å². The molecule has 1 aliphatic carbocycles. The second kappa shape index (κ2) is 12.5. The van der Waals surface area contributed by atoms with Crippen LogP contribution in [0.5, 0.6) is 0 Å². The Kier molecular flexibility index (Phi) is 9.21. The minimum absolute atomic E-state index is 0.0279. The molecule has 2 heterocycles. The molecule has 3 N–H and O–H groups in total. The number of amides is 2. The summed E-state index contributed by atoms with van der Waals surface area (Å²) in [5, 5.41) is 10.2. The van der Waals surface area contributed by atoms with Crippen molar-refractivity contribution in [2.24, 2.45) is 5.92 Å². The van der Waals surface area contributed by atoms with Crippen LogP contribution in [0.3, 0.4) is 0 Å². The molecule has 8 heteroatoms. The quantitative estimate of drug-likeness (QED) is 0.455. The molecule has 0 bridgehead atoms. The smallest absolute Gasteiger partial charge is 0.246 e. The average molecular weight is 512 g/mol. The first kappa shape index (κ1) is 26.4. The van der Waals surface area contributed by atoms with Crippen molar-refractivity contribution in [2.75, 3.05) is 18.9 Å². The molecular formula is C28H38ClN5O2. The summed E-state index contributed by atoms with van der Waals surface area (Å²) in [6.07, 6.45) is 7.16. The van der Waals surface area contributed by atoms with E-state index in [4.69, 9.17) is 16.6 Å². The van der Waals surface area contributed by atoms with E-state index in [-0.39, 0.29) is 29.8 Å². The molecule has 194 valence electrons. The number of benzene rings is 1. The van der Waals surface area contributed by atoms with Crippen LogP contribution in [0, 0.1) is 5.92 Å². The molecule has 7 nitrogen and oxygen atoms in total. The van der Waals surface area contributed by atoms with Crippen molar-refractivity contribution in [1.29, 1.82) is 0 Å². The van der Waals surface area contributed by atoms with Crippen LogP contribution in [-0.2, 0) is 16.1 Å². The van der Waals surface area contributed by atoms with Gasteiger partial charge in [0.05, 0.1) is 17.8 Å². The molecule has 1 aromatic carbocycles. The van der Waals surface area contributed by atoms with Gasteiger partial charge in [-0.15, -0.1) is 0 Å². The zero-order valence-electron chi connectivity index (χ0n) is 21.3. The predicted octanol–water partition coefficient (Wildman–Crippen LogP) is 4.68. The lowest BCUT2D eigenvalue weighted by molar-refractivity contribution is -0.139. The van der Waals surface area contributed by atoms with Crippen LogP contribution < -0.4 is 16.0 Å². The summed E-state index contributed by atoms with van der Waals surface area (Å²) in [4.78, 5) is 33.5. The van der Waals surface area contributed by atoms with Crippen molar-refractivity contribution in [3.63, 3.8) is 0 Å². The molecule has 0 unspecified atom stereocenters. The number of halogens is 1. The highest BCUT2D eigenvalue weighted by Crippen LogP contribution is 2.34. The Balaban J connectivity index is 1.49. The Bertz CT molecular complexity index is 1040. The number of likely N-dealkylation sites (N-methyl/N-ethyl adjacent to an activating group) is 1. The minimum atomic E-state index is -0.488. The van der Waals surface area contributed by atoms with Gasteiger partial charge in [-0.05, 0) is 75.4 Å². The Hall–Kier alpha value is -2.64. The number of carbonyl (C=O) groups is 2. The predicted molar refractivity (Wildman–Crippen MR) is 144 cm³/mol. The lowest BCUT2D eigenvalue weighted by Crippen LogP contribution is -2.55. The standard InChI is InChI=1S/C28H38ClN5O2/c1-19(30-2)27(35)33-26(21-10-4-3-5-11-21)28(36)34-16-8-14-24(34)23-13-7-15-25(32-23)31-18-20-9-6-12-22(29)17-20/h6-7,9,12-13,15,17,19,21,24,26,30H,3-5,8,10-11,14,16,18H2,1-2H3,(H,31,32)(H,33,35)/t19-,24-,26-/m0/s1. The van der Waals surface area contributed by atoms with Crippen molar-refractivity contribution in [3.05, 3.63) is 58.7 Å². The van der Waals surface area contributed by atoms with Crippen LogP contribution in [0.25, 0.3) is 0 Å². The van der Waals surface area contributed by atoms with E-state index in [1.165, 1.54) is 6.42 Å². The van der Waals surface area contributed by atoms with E-state index in [1.54, 1.807) is 7.05 Å². The number of carbonyl (C=O) groups excluding carboxylic acids is 2. The van der Waals surface area contributed by atoms with Crippen molar-refractivity contribution in [1.82, 2.24) is 20.5 Å². The summed E-state index contributed by atoms with van der Waals surface area (Å²) in [6.45, 7) is 3.12. The van der Waals surface area contributed by atoms with Crippen molar-refractivity contribution in [2.45, 2.75) is 76.5 Å². The molecule has 2 amide bonds. The monoisotopic (exact) mass is 511 g/mol. The summed E-state index contributed by atoms with van der Waals surface area (Å²) in [7, 11) is 1.76. The molecule has 0 radical (unpaired) electrons. The second-order valence-electron chi connectivity index (χ2n) is 10.0. The number of hydrogen-bond donors (Lipinski definition) is 3. The van der Waals surface area contributed by atoms with E-state index < -0.39 is 6.04 Å². The first-order valence-corrected chi connectivity index (χ1v) is 13.6. The number of nitrogens with one attached hydrogen (secondary N) is 3. The molecule has 2 aliphatic rings. The number of rotatable bonds is 9. The third-order valence-corrected chi connectivity index (χ3v) is 7.76. The summed E-state index contributed by atoms with van der Waals surface area (Å²) < 4.78 is 0. The van der Waals surface area contributed by atoms with E-state index in [9.17, 15) is 9.59 Å². The highest BCUT2D eigenvalue weighted by molar-refractivity contribution is 6.30. The molecule has 0 spiro atoms. The van der Waals surface area contributed by atoms with Crippen molar-refractivity contribution in [3.8, 4) is 0 Å². The van der Waals surface area contributed by atoms with Gasteiger partial charge in [-0.25, -0.2) is 4.98 Å². The Morgan fingerprint density at radius 3 is 2.61 bits per heavy atom. The van der Waals surface area contributed by atoms with Gasteiger partial charge in [0.2, 0.25) is 11.8 Å². The van der Waals surface area contributed by atoms with Gasteiger partial charge >= 0.3 is 0 Å². The Morgan fingerprint density at radius 1 is 1.08 bits per heavy atom.